The van der Waals surface area contributed by atoms with E-state index in [1.54, 1.807) is 6.07 Å². The summed E-state index contributed by atoms with van der Waals surface area (Å²) in [5, 5.41) is 8.50. The molecule has 0 aliphatic heterocycles. The van der Waals surface area contributed by atoms with Crippen LogP contribution in [0.5, 0.6) is 0 Å². The van der Waals surface area contributed by atoms with E-state index in [0.29, 0.717) is 10.7 Å². The molecule has 0 saturated heterocycles. The summed E-state index contributed by atoms with van der Waals surface area (Å²) in [6, 6.07) is 3.59. The molecule has 3 N–H and O–H groups in total. The van der Waals surface area contributed by atoms with Gasteiger partial charge in [0.05, 0.1) is 16.2 Å². The minimum absolute atomic E-state index is 0.550. The number of hydrogen-bond donors (Lipinski definition) is 2. The molecule has 1 heterocycles. The number of nitrogens with two attached hydrogens (primary N) is 1. The van der Waals surface area contributed by atoms with Crippen LogP contribution in [0.4, 0.5) is 5.69 Å². The minimum atomic E-state index is 0.550. The predicted molar refractivity (Wildman–Crippen MR) is 50.3 cm³/mol. The van der Waals surface area contributed by atoms with Gasteiger partial charge in [-0.05, 0) is 19.1 Å². The molecule has 0 radical (unpaired) electrons. The largest absolute Gasteiger partial charge is 0.398 e. The number of benzene rings is 1. The zero-order chi connectivity index (χ0) is 8.72. The van der Waals surface area contributed by atoms with Crippen LogP contribution >= 0.6 is 11.6 Å². The lowest BCUT2D eigenvalue weighted by Gasteiger charge is -1.96. The molecule has 0 unspecified atom stereocenters. The minimum Gasteiger partial charge on any atom is -0.398 e. The van der Waals surface area contributed by atoms with Gasteiger partial charge in [-0.15, -0.1) is 0 Å². The van der Waals surface area contributed by atoms with Crippen LogP contribution < -0.4 is 5.73 Å². The van der Waals surface area contributed by atoms with Crippen LogP contribution in [-0.2, 0) is 0 Å². The first kappa shape index (κ1) is 7.43. The lowest BCUT2D eigenvalue weighted by molar-refractivity contribution is 1.07. The molecule has 0 amide bonds. The van der Waals surface area contributed by atoms with Crippen molar-refractivity contribution < 1.29 is 0 Å². The quantitative estimate of drug-likeness (QED) is 0.612. The normalized spacial score (nSPS) is 10.8. The van der Waals surface area contributed by atoms with Gasteiger partial charge >= 0.3 is 0 Å². The van der Waals surface area contributed by atoms with Crippen molar-refractivity contribution in [3.63, 3.8) is 0 Å². The third kappa shape index (κ3) is 0.940. The van der Waals surface area contributed by atoms with Crippen LogP contribution in [0.2, 0.25) is 5.02 Å². The zero-order valence-corrected chi connectivity index (χ0v) is 7.31. The Morgan fingerprint density at radius 1 is 1.50 bits per heavy atom. The van der Waals surface area contributed by atoms with E-state index in [4.69, 9.17) is 17.3 Å². The van der Waals surface area contributed by atoms with Gasteiger partial charge in [-0.3, -0.25) is 5.10 Å². The zero-order valence-electron chi connectivity index (χ0n) is 6.56. The molecule has 0 aliphatic rings. The monoisotopic (exact) mass is 181 g/mol. The van der Waals surface area contributed by atoms with Crippen LogP contribution in [0.1, 0.15) is 5.69 Å². The van der Waals surface area contributed by atoms with Gasteiger partial charge in [0.25, 0.3) is 0 Å². The summed E-state index contributed by atoms with van der Waals surface area (Å²) in [5.74, 6) is 0. The average Bonchev–Trinajstić information content (AvgIpc) is 2.35. The van der Waals surface area contributed by atoms with Gasteiger partial charge in [-0.25, -0.2) is 0 Å². The van der Waals surface area contributed by atoms with Crippen LogP contribution in [-0.4, -0.2) is 10.2 Å². The number of aromatic amines is 1. The fourth-order valence-corrected chi connectivity index (χ4v) is 1.33. The van der Waals surface area contributed by atoms with E-state index in [-0.39, 0.29) is 0 Å². The highest BCUT2D eigenvalue weighted by Gasteiger charge is 2.04. The van der Waals surface area contributed by atoms with Crippen molar-refractivity contribution in [2.24, 2.45) is 0 Å². The van der Waals surface area contributed by atoms with E-state index >= 15 is 0 Å². The molecule has 3 nitrogen and oxygen atoms in total. The second-order valence-electron chi connectivity index (χ2n) is 2.74. The molecule has 1 aromatic heterocycles. The highest BCUT2D eigenvalue weighted by atomic mass is 35.5. The Kier molecular flexibility index (Phi) is 1.48. The number of rotatable bonds is 0. The summed E-state index contributed by atoms with van der Waals surface area (Å²) < 4.78 is 0. The smallest absolute Gasteiger partial charge is 0.0939 e. The van der Waals surface area contributed by atoms with E-state index in [0.717, 1.165) is 16.6 Å². The summed E-state index contributed by atoms with van der Waals surface area (Å²) >= 11 is 5.82. The highest BCUT2D eigenvalue weighted by molar-refractivity contribution is 6.33. The maximum atomic E-state index is 5.82. The fourth-order valence-electron chi connectivity index (χ4n) is 1.18. The molecular formula is C8H8ClN3. The van der Waals surface area contributed by atoms with E-state index in [1.165, 1.54) is 0 Å². The summed E-state index contributed by atoms with van der Waals surface area (Å²) in [6.45, 7) is 1.95. The lowest BCUT2D eigenvalue weighted by atomic mass is 10.2. The average molecular weight is 182 g/mol. The third-order valence-corrected chi connectivity index (χ3v) is 2.19. The Bertz CT molecular complexity index is 433. The van der Waals surface area contributed by atoms with Crippen LogP contribution in [0.3, 0.4) is 0 Å². The van der Waals surface area contributed by atoms with Crippen molar-refractivity contribution in [3.8, 4) is 0 Å². The van der Waals surface area contributed by atoms with Gasteiger partial charge in [0.1, 0.15) is 0 Å². The van der Waals surface area contributed by atoms with Crippen LogP contribution in [0.15, 0.2) is 12.1 Å². The second kappa shape index (κ2) is 2.38. The molecule has 0 bridgehead atoms. The van der Waals surface area contributed by atoms with Gasteiger partial charge in [0.2, 0.25) is 0 Å². The number of H-pyrrole nitrogens is 1. The molecule has 0 aliphatic carbocycles. The molecule has 2 aromatic rings. The van der Waals surface area contributed by atoms with Crippen molar-refractivity contribution in [3.05, 3.63) is 22.8 Å². The molecule has 62 valence electrons. The summed E-state index contributed by atoms with van der Waals surface area (Å²) in [4.78, 5) is 0. The molecular weight excluding hydrogens is 174 g/mol. The molecule has 0 saturated carbocycles. The van der Waals surface area contributed by atoms with Crippen molar-refractivity contribution in [2.75, 3.05) is 5.73 Å². The summed E-state index contributed by atoms with van der Waals surface area (Å²) in [5.41, 5.74) is 8.09. The Hall–Kier alpha value is -1.22. The topological polar surface area (TPSA) is 54.7 Å². The maximum absolute atomic E-state index is 5.82. The Balaban J connectivity index is 2.87. The van der Waals surface area contributed by atoms with Gasteiger partial charge in [0, 0.05) is 11.1 Å². The van der Waals surface area contributed by atoms with Gasteiger partial charge in [0.15, 0.2) is 0 Å². The number of fused-ring (bicyclic) bond motifs is 1. The van der Waals surface area contributed by atoms with Gasteiger partial charge in [-0.2, -0.15) is 5.10 Å². The first-order valence-electron chi connectivity index (χ1n) is 3.58. The number of nitrogens with zero attached hydrogens (tertiary/aromatic N) is 1. The standard InChI is InChI=1S/C8H8ClN3/c1-4-5-2-7(10)6(9)3-8(5)12-11-4/h2-3H,10H2,1H3,(H,11,12). The fraction of sp³-hybridized carbons (Fsp3) is 0.125. The molecule has 0 spiro atoms. The Morgan fingerprint density at radius 2 is 2.25 bits per heavy atom. The molecule has 0 atom stereocenters. The number of anilines is 1. The van der Waals surface area contributed by atoms with Crippen molar-refractivity contribution >= 4 is 28.2 Å². The first-order chi connectivity index (χ1) is 5.68. The number of hydrogen-bond acceptors (Lipinski definition) is 2. The highest BCUT2D eigenvalue weighted by Crippen LogP contribution is 2.25. The van der Waals surface area contributed by atoms with Crippen molar-refractivity contribution in [1.29, 1.82) is 0 Å². The molecule has 4 heteroatoms. The number of halogens is 1. The molecule has 2 rings (SSSR count). The third-order valence-electron chi connectivity index (χ3n) is 1.86. The maximum Gasteiger partial charge on any atom is 0.0939 e. The van der Waals surface area contributed by atoms with Crippen LogP contribution in [0.25, 0.3) is 10.9 Å². The second-order valence-corrected chi connectivity index (χ2v) is 3.15. The van der Waals surface area contributed by atoms with E-state index in [2.05, 4.69) is 10.2 Å². The number of nitrogens with one attached hydrogen (secondary N) is 1. The lowest BCUT2D eigenvalue weighted by Crippen LogP contribution is -1.85. The summed E-state index contributed by atoms with van der Waals surface area (Å²) in [7, 11) is 0. The Labute approximate surface area is 74.5 Å². The van der Waals surface area contributed by atoms with E-state index in [1.807, 2.05) is 13.0 Å². The van der Waals surface area contributed by atoms with Crippen molar-refractivity contribution in [2.45, 2.75) is 6.92 Å². The number of nitrogen functional groups attached to an aromatic ring is 1. The van der Waals surface area contributed by atoms with E-state index in [9.17, 15) is 0 Å². The number of aryl methyl sites for hydroxylation is 1. The Morgan fingerprint density at radius 3 is 3.00 bits per heavy atom. The molecule has 12 heavy (non-hydrogen) atoms. The van der Waals surface area contributed by atoms with E-state index < -0.39 is 0 Å². The van der Waals surface area contributed by atoms with Crippen molar-refractivity contribution in [1.82, 2.24) is 10.2 Å². The predicted octanol–water partition coefficient (Wildman–Crippen LogP) is 2.11. The van der Waals surface area contributed by atoms with Gasteiger partial charge < -0.3 is 5.73 Å². The summed E-state index contributed by atoms with van der Waals surface area (Å²) in [6.07, 6.45) is 0. The molecule has 1 aromatic carbocycles. The molecule has 0 fully saturated rings. The number of aromatic nitrogens is 2. The van der Waals surface area contributed by atoms with Gasteiger partial charge in [-0.1, -0.05) is 11.6 Å². The SMILES string of the molecule is Cc1[nH]nc2cc(Cl)c(N)cc12. The van der Waals surface area contributed by atoms with Crippen LogP contribution in [0, 0.1) is 6.92 Å². The first-order valence-corrected chi connectivity index (χ1v) is 3.96.